The maximum atomic E-state index is 12.2. The van der Waals surface area contributed by atoms with Crippen molar-refractivity contribution in [1.82, 2.24) is 4.90 Å². The monoisotopic (exact) mass is 264 g/mol. The van der Waals surface area contributed by atoms with Gasteiger partial charge in [-0.2, -0.15) is 0 Å². The fourth-order valence-electron chi connectivity index (χ4n) is 3.45. The summed E-state index contributed by atoms with van der Waals surface area (Å²) in [6.45, 7) is 14.6. The minimum absolute atomic E-state index is 0.119. The van der Waals surface area contributed by atoms with Crippen LogP contribution in [0.25, 0.3) is 0 Å². The van der Waals surface area contributed by atoms with Crippen molar-refractivity contribution in [3.05, 3.63) is 12.7 Å². The van der Waals surface area contributed by atoms with Gasteiger partial charge in [0.2, 0.25) is 0 Å². The Kier molecular flexibility index (Phi) is 3.23. The van der Waals surface area contributed by atoms with Gasteiger partial charge in [0, 0.05) is 12.0 Å². The van der Waals surface area contributed by atoms with Crippen molar-refractivity contribution in [2.75, 3.05) is 13.1 Å². The fraction of sp³-hybridized carbons (Fsp3) is 0.733. The van der Waals surface area contributed by atoms with E-state index in [9.17, 15) is 4.79 Å². The summed E-state index contributed by atoms with van der Waals surface area (Å²) in [7, 11) is 0. The molecule has 1 amide bonds. The summed E-state index contributed by atoms with van der Waals surface area (Å²) in [5.74, 6) is 0. The fourth-order valence-corrected chi connectivity index (χ4v) is 3.45. The second-order valence-electron chi connectivity index (χ2n) is 6.74. The van der Waals surface area contributed by atoms with Gasteiger partial charge in [-0.3, -0.25) is 4.99 Å². The number of rotatable bonds is 2. The average Bonchev–Trinajstić information content (AvgIpc) is 2.78. The van der Waals surface area contributed by atoms with E-state index in [1.54, 1.807) is 4.90 Å². The van der Waals surface area contributed by atoms with E-state index in [1.165, 1.54) is 0 Å². The van der Waals surface area contributed by atoms with Gasteiger partial charge in [-0.1, -0.05) is 6.08 Å². The molecule has 0 N–H and O–H groups in total. The Bertz CT molecular complexity index is 389. The molecule has 106 valence electrons. The summed E-state index contributed by atoms with van der Waals surface area (Å²) in [5.41, 5.74) is -0.845. The number of carbonyl (C=O) groups is 1. The lowest BCUT2D eigenvalue weighted by Gasteiger charge is -2.32. The molecule has 2 fully saturated rings. The van der Waals surface area contributed by atoms with Crippen molar-refractivity contribution >= 4 is 12.8 Å². The van der Waals surface area contributed by atoms with Crippen LogP contribution in [0.5, 0.6) is 0 Å². The third kappa shape index (κ3) is 2.17. The highest BCUT2D eigenvalue weighted by molar-refractivity contribution is 5.69. The molecule has 1 unspecified atom stereocenters. The Morgan fingerprint density at radius 2 is 2.05 bits per heavy atom. The zero-order chi connectivity index (χ0) is 14.3. The van der Waals surface area contributed by atoms with Gasteiger partial charge in [0.25, 0.3) is 0 Å². The first-order valence-electron chi connectivity index (χ1n) is 6.87. The third-order valence-electron chi connectivity index (χ3n) is 4.41. The van der Waals surface area contributed by atoms with Crippen LogP contribution in [0.3, 0.4) is 0 Å². The number of carbonyl (C=O) groups excluding carboxylic acids is 1. The zero-order valence-corrected chi connectivity index (χ0v) is 12.2. The van der Waals surface area contributed by atoms with Gasteiger partial charge in [-0.05, 0) is 46.8 Å². The summed E-state index contributed by atoms with van der Waals surface area (Å²) in [6, 6.07) is 0. The van der Waals surface area contributed by atoms with E-state index in [0.717, 1.165) is 19.3 Å². The standard InChI is InChI=1S/C15H24N2O2/c1-6-14-8-7-9-15(14,16-5)11-17(10-14)12(18)19-13(2,3)4/h6H,1,5,7-11H2,2-4H3/t14?,15-/m0/s1. The first-order valence-corrected chi connectivity index (χ1v) is 6.87. The molecule has 1 saturated heterocycles. The van der Waals surface area contributed by atoms with Gasteiger partial charge in [-0.25, -0.2) is 4.79 Å². The average molecular weight is 264 g/mol. The van der Waals surface area contributed by atoms with E-state index in [4.69, 9.17) is 4.74 Å². The zero-order valence-electron chi connectivity index (χ0n) is 12.2. The Hall–Kier alpha value is -1.32. The molecule has 1 saturated carbocycles. The molecule has 19 heavy (non-hydrogen) atoms. The van der Waals surface area contributed by atoms with E-state index < -0.39 is 5.60 Å². The van der Waals surface area contributed by atoms with E-state index in [2.05, 4.69) is 18.3 Å². The van der Waals surface area contributed by atoms with Crippen LogP contribution in [0.4, 0.5) is 4.79 Å². The Morgan fingerprint density at radius 3 is 2.53 bits per heavy atom. The van der Waals surface area contributed by atoms with E-state index >= 15 is 0 Å². The first kappa shape index (κ1) is 14.1. The van der Waals surface area contributed by atoms with Gasteiger partial charge in [0.15, 0.2) is 0 Å². The lowest BCUT2D eigenvalue weighted by atomic mass is 9.75. The van der Waals surface area contributed by atoms with Gasteiger partial charge in [0.1, 0.15) is 5.60 Å². The normalized spacial score (nSPS) is 33.9. The maximum Gasteiger partial charge on any atom is 0.410 e. The van der Waals surface area contributed by atoms with Crippen LogP contribution in [0.2, 0.25) is 0 Å². The van der Waals surface area contributed by atoms with Crippen LogP contribution >= 0.6 is 0 Å². The molecule has 0 aromatic rings. The number of hydrogen-bond acceptors (Lipinski definition) is 3. The highest BCUT2D eigenvalue weighted by Crippen LogP contribution is 2.54. The van der Waals surface area contributed by atoms with Gasteiger partial charge < -0.3 is 9.64 Å². The summed E-state index contributed by atoms with van der Waals surface area (Å²) in [6.07, 6.45) is 4.83. The molecule has 2 rings (SSSR count). The summed E-state index contributed by atoms with van der Waals surface area (Å²) in [5, 5.41) is 0. The lowest BCUT2D eigenvalue weighted by Crippen LogP contribution is -2.39. The molecule has 1 heterocycles. The number of ether oxygens (including phenoxy) is 1. The van der Waals surface area contributed by atoms with E-state index in [1.807, 2.05) is 26.8 Å². The molecule has 0 aromatic carbocycles. The minimum Gasteiger partial charge on any atom is -0.444 e. The number of fused-ring (bicyclic) bond motifs is 1. The molecule has 0 bridgehead atoms. The first-order chi connectivity index (χ1) is 8.77. The summed E-state index contributed by atoms with van der Waals surface area (Å²) < 4.78 is 5.46. The molecule has 1 aliphatic heterocycles. The van der Waals surface area contributed by atoms with Crippen LogP contribution in [0.15, 0.2) is 17.6 Å². The third-order valence-corrected chi connectivity index (χ3v) is 4.41. The molecule has 2 atom stereocenters. The highest BCUT2D eigenvalue weighted by Gasteiger charge is 2.60. The Balaban J connectivity index is 2.20. The Labute approximate surface area is 115 Å². The smallest absolute Gasteiger partial charge is 0.410 e. The van der Waals surface area contributed by atoms with Gasteiger partial charge in [0.05, 0.1) is 12.1 Å². The summed E-state index contributed by atoms with van der Waals surface area (Å²) in [4.78, 5) is 18.4. The molecule has 4 heteroatoms. The molecule has 1 aliphatic carbocycles. The number of nitrogens with zero attached hydrogens (tertiary/aromatic N) is 2. The van der Waals surface area contributed by atoms with Gasteiger partial charge >= 0.3 is 6.09 Å². The molecule has 4 nitrogen and oxygen atoms in total. The van der Waals surface area contributed by atoms with E-state index in [-0.39, 0.29) is 17.0 Å². The van der Waals surface area contributed by atoms with Crippen molar-refractivity contribution in [3.63, 3.8) is 0 Å². The molecule has 0 spiro atoms. The van der Waals surface area contributed by atoms with E-state index in [0.29, 0.717) is 13.1 Å². The molecule has 0 aromatic heterocycles. The van der Waals surface area contributed by atoms with Crippen LogP contribution < -0.4 is 0 Å². The maximum absolute atomic E-state index is 12.2. The van der Waals surface area contributed by atoms with Crippen LogP contribution in [0.1, 0.15) is 40.0 Å². The predicted molar refractivity (Wildman–Crippen MR) is 76.6 cm³/mol. The quantitative estimate of drug-likeness (QED) is 0.568. The number of hydrogen-bond donors (Lipinski definition) is 0. The van der Waals surface area contributed by atoms with Crippen molar-refractivity contribution in [2.24, 2.45) is 10.4 Å². The van der Waals surface area contributed by atoms with Gasteiger partial charge in [-0.15, -0.1) is 6.58 Å². The largest absolute Gasteiger partial charge is 0.444 e. The second kappa shape index (κ2) is 4.36. The van der Waals surface area contributed by atoms with Crippen molar-refractivity contribution in [2.45, 2.75) is 51.2 Å². The van der Waals surface area contributed by atoms with Crippen LogP contribution in [-0.4, -0.2) is 41.9 Å². The topological polar surface area (TPSA) is 41.9 Å². The van der Waals surface area contributed by atoms with Crippen molar-refractivity contribution in [3.8, 4) is 0 Å². The molecular formula is C15H24N2O2. The number of amides is 1. The number of likely N-dealkylation sites (tertiary alicyclic amines) is 1. The predicted octanol–water partition coefficient (Wildman–Crippen LogP) is 3.03. The van der Waals surface area contributed by atoms with Crippen molar-refractivity contribution < 1.29 is 9.53 Å². The van der Waals surface area contributed by atoms with Crippen LogP contribution in [0, 0.1) is 5.41 Å². The number of aliphatic imine (C=N–C) groups is 1. The SMILES string of the molecule is C=CC12CCC[C@]1(N=C)CN(C(=O)OC(C)(C)C)C2. The molecule has 2 aliphatic rings. The second-order valence-corrected chi connectivity index (χ2v) is 6.74. The molecular weight excluding hydrogens is 240 g/mol. The van der Waals surface area contributed by atoms with Crippen molar-refractivity contribution in [1.29, 1.82) is 0 Å². The highest BCUT2D eigenvalue weighted by atomic mass is 16.6. The van der Waals surface area contributed by atoms with Crippen LogP contribution in [-0.2, 0) is 4.74 Å². The minimum atomic E-state index is -0.467. The summed E-state index contributed by atoms with van der Waals surface area (Å²) >= 11 is 0. The molecule has 0 radical (unpaired) electrons. The lowest BCUT2D eigenvalue weighted by molar-refractivity contribution is 0.0273. The Morgan fingerprint density at radius 1 is 1.37 bits per heavy atom.